The van der Waals surface area contributed by atoms with Crippen LogP contribution in [0.3, 0.4) is 0 Å². The van der Waals surface area contributed by atoms with Crippen molar-refractivity contribution in [3.05, 3.63) is 34.1 Å². The number of likely N-dealkylation sites (N-methyl/N-ethyl adjacent to an activating group) is 1. The maximum atomic E-state index is 13.6. The predicted molar refractivity (Wildman–Crippen MR) is 69.0 cm³/mol. The molecule has 2 unspecified atom stereocenters. The summed E-state index contributed by atoms with van der Waals surface area (Å²) in [6.45, 7) is 2.75. The van der Waals surface area contributed by atoms with Crippen molar-refractivity contribution < 1.29 is 4.39 Å². The Hall–Kier alpha value is -0.640. The summed E-state index contributed by atoms with van der Waals surface area (Å²) in [5, 5.41) is 7.29. The van der Waals surface area contributed by atoms with E-state index in [-0.39, 0.29) is 11.9 Å². The minimum absolute atomic E-state index is 0.0695. The smallest absolute Gasteiger partial charge is 0.126 e. The second-order valence-corrected chi connectivity index (χ2v) is 5.00. The van der Waals surface area contributed by atoms with Crippen molar-refractivity contribution in [2.24, 2.45) is 0 Å². The summed E-state index contributed by atoms with van der Waals surface area (Å²) in [7, 11) is 1.89. The molecule has 0 aromatic heterocycles. The molecule has 94 valence electrons. The molecule has 0 bridgehead atoms. The van der Waals surface area contributed by atoms with E-state index < -0.39 is 0 Å². The van der Waals surface area contributed by atoms with Crippen molar-refractivity contribution in [1.29, 1.82) is 0 Å². The average molecular weight is 257 g/mol. The van der Waals surface area contributed by atoms with Gasteiger partial charge in [0.1, 0.15) is 5.82 Å². The molecule has 2 rings (SSSR count). The first-order chi connectivity index (χ1) is 8.13. The van der Waals surface area contributed by atoms with Crippen LogP contribution in [-0.4, -0.2) is 19.6 Å². The van der Waals surface area contributed by atoms with Crippen LogP contribution in [0.1, 0.15) is 30.0 Å². The molecule has 0 amide bonds. The number of aryl methyl sites for hydroxylation is 1. The molecule has 1 heterocycles. The maximum absolute atomic E-state index is 13.6. The van der Waals surface area contributed by atoms with Crippen LogP contribution in [0.4, 0.5) is 4.39 Å². The van der Waals surface area contributed by atoms with Crippen LogP contribution in [0.2, 0.25) is 5.02 Å². The molecular weight excluding hydrogens is 239 g/mol. The number of rotatable bonds is 3. The second kappa shape index (κ2) is 5.34. The van der Waals surface area contributed by atoms with Gasteiger partial charge in [0.25, 0.3) is 0 Å². The van der Waals surface area contributed by atoms with E-state index >= 15 is 0 Å². The van der Waals surface area contributed by atoms with E-state index in [2.05, 4.69) is 10.6 Å². The molecule has 1 aliphatic rings. The van der Waals surface area contributed by atoms with Gasteiger partial charge in [-0.25, -0.2) is 4.39 Å². The number of halogens is 2. The minimum Gasteiger partial charge on any atom is -0.312 e. The highest BCUT2D eigenvalue weighted by atomic mass is 35.5. The lowest BCUT2D eigenvalue weighted by Gasteiger charge is -2.25. The summed E-state index contributed by atoms with van der Waals surface area (Å²) in [5.74, 6) is -0.192. The van der Waals surface area contributed by atoms with Crippen molar-refractivity contribution in [1.82, 2.24) is 10.6 Å². The van der Waals surface area contributed by atoms with Gasteiger partial charge in [-0.1, -0.05) is 11.6 Å². The van der Waals surface area contributed by atoms with Crippen molar-refractivity contribution in [3.8, 4) is 0 Å². The van der Waals surface area contributed by atoms with Crippen LogP contribution in [0.5, 0.6) is 0 Å². The first kappa shape index (κ1) is 12.8. The highest BCUT2D eigenvalue weighted by Crippen LogP contribution is 2.30. The van der Waals surface area contributed by atoms with E-state index in [0.717, 1.165) is 24.9 Å². The third-order valence-corrected chi connectivity index (χ3v) is 3.75. The predicted octanol–water partition coefficient (Wildman–Crippen LogP) is 2.80. The molecule has 1 aromatic carbocycles. The van der Waals surface area contributed by atoms with Crippen LogP contribution in [0, 0.1) is 12.7 Å². The van der Waals surface area contributed by atoms with Crippen LogP contribution in [-0.2, 0) is 0 Å². The monoisotopic (exact) mass is 256 g/mol. The summed E-state index contributed by atoms with van der Waals surface area (Å²) < 4.78 is 13.6. The van der Waals surface area contributed by atoms with Gasteiger partial charge in [0.15, 0.2) is 0 Å². The van der Waals surface area contributed by atoms with Gasteiger partial charge < -0.3 is 10.6 Å². The summed E-state index contributed by atoms with van der Waals surface area (Å²) in [6, 6.07) is 3.66. The van der Waals surface area contributed by atoms with Crippen LogP contribution < -0.4 is 10.6 Å². The summed E-state index contributed by atoms with van der Waals surface area (Å²) in [6.07, 6.45) is 2.26. The van der Waals surface area contributed by atoms with Crippen molar-refractivity contribution >= 4 is 11.6 Å². The Morgan fingerprint density at radius 2 is 2.29 bits per heavy atom. The molecule has 0 aliphatic carbocycles. The Morgan fingerprint density at radius 1 is 1.53 bits per heavy atom. The Morgan fingerprint density at radius 3 is 2.88 bits per heavy atom. The number of nitrogens with one attached hydrogen (secondary N) is 2. The van der Waals surface area contributed by atoms with E-state index in [1.807, 2.05) is 7.05 Å². The van der Waals surface area contributed by atoms with Gasteiger partial charge in [0.2, 0.25) is 0 Å². The molecule has 4 heteroatoms. The zero-order chi connectivity index (χ0) is 12.4. The average Bonchev–Trinajstić information content (AvgIpc) is 2.80. The molecular formula is C13H18ClFN2. The molecule has 2 N–H and O–H groups in total. The number of benzene rings is 1. The van der Waals surface area contributed by atoms with Gasteiger partial charge in [-0.2, -0.15) is 0 Å². The van der Waals surface area contributed by atoms with Crippen LogP contribution >= 0.6 is 11.6 Å². The Balaban J connectivity index is 2.32. The molecule has 0 spiro atoms. The Bertz CT molecular complexity index is 403. The lowest BCUT2D eigenvalue weighted by molar-refractivity contribution is 0.438. The summed E-state index contributed by atoms with van der Waals surface area (Å²) >= 11 is 6.22. The van der Waals surface area contributed by atoms with Crippen molar-refractivity contribution in [2.45, 2.75) is 31.8 Å². The van der Waals surface area contributed by atoms with Crippen molar-refractivity contribution in [3.63, 3.8) is 0 Å². The standard InChI is InChI=1S/C13H18ClFN2/c1-8-6-10(14)9(7-11(8)15)13(16-2)12-4-3-5-17-12/h6-7,12-13,16-17H,3-5H2,1-2H3. The number of hydrogen-bond donors (Lipinski definition) is 2. The highest BCUT2D eigenvalue weighted by Gasteiger charge is 2.26. The first-order valence-electron chi connectivity index (χ1n) is 5.99. The van der Waals surface area contributed by atoms with Gasteiger partial charge >= 0.3 is 0 Å². The zero-order valence-corrected chi connectivity index (χ0v) is 10.9. The third kappa shape index (κ3) is 2.62. The zero-order valence-electron chi connectivity index (χ0n) is 10.2. The van der Waals surface area contributed by atoms with Gasteiger partial charge in [-0.05, 0) is 56.6 Å². The van der Waals surface area contributed by atoms with Gasteiger partial charge in [-0.15, -0.1) is 0 Å². The van der Waals surface area contributed by atoms with Gasteiger partial charge in [0.05, 0.1) is 0 Å². The number of hydrogen-bond acceptors (Lipinski definition) is 2. The van der Waals surface area contributed by atoms with Gasteiger partial charge in [0, 0.05) is 17.1 Å². The lowest BCUT2D eigenvalue weighted by Crippen LogP contribution is -2.36. The van der Waals surface area contributed by atoms with Crippen LogP contribution in [0.25, 0.3) is 0 Å². The topological polar surface area (TPSA) is 24.1 Å². The summed E-state index contributed by atoms with van der Waals surface area (Å²) in [4.78, 5) is 0. The quantitative estimate of drug-likeness (QED) is 0.869. The molecule has 1 aromatic rings. The normalized spacial score (nSPS) is 21.8. The van der Waals surface area contributed by atoms with E-state index in [9.17, 15) is 4.39 Å². The minimum atomic E-state index is -0.192. The molecule has 0 saturated carbocycles. The Kier molecular flexibility index (Phi) is 4.02. The fourth-order valence-electron chi connectivity index (χ4n) is 2.47. The molecule has 17 heavy (non-hydrogen) atoms. The molecule has 0 radical (unpaired) electrons. The van der Waals surface area contributed by atoms with E-state index in [4.69, 9.17) is 11.6 Å². The summed E-state index contributed by atoms with van der Waals surface area (Å²) in [5.41, 5.74) is 1.43. The third-order valence-electron chi connectivity index (χ3n) is 3.42. The largest absolute Gasteiger partial charge is 0.312 e. The van der Waals surface area contributed by atoms with Gasteiger partial charge in [-0.3, -0.25) is 0 Å². The van der Waals surface area contributed by atoms with Crippen LogP contribution in [0.15, 0.2) is 12.1 Å². The molecule has 2 nitrogen and oxygen atoms in total. The molecule has 1 aliphatic heterocycles. The van der Waals surface area contributed by atoms with E-state index in [1.54, 1.807) is 19.1 Å². The Labute approximate surface area is 107 Å². The van der Waals surface area contributed by atoms with E-state index in [0.29, 0.717) is 16.6 Å². The molecule has 2 atom stereocenters. The molecule has 1 fully saturated rings. The SMILES string of the molecule is CNC(c1cc(F)c(C)cc1Cl)C1CCCN1. The lowest BCUT2D eigenvalue weighted by atomic mass is 9.97. The first-order valence-corrected chi connectivity index (χ1v) is 6.37. The van der Waals surface area contributed by atoms with E-state index in [1.165, 1.54) is 0 Å². The fourth-order valence-corrected chi connectivity index (χ4v) is 2.81. The fraction of sp³-hybridized carbons (Fsp3) is 0.538. The van der Waals surface area contributed by atoms with Crippen molar-refractivity contribution in [2.75, 3.05) is 13.6 Å². The molecule has 1 saturated heterocycles. The highest BCUT2D eigenvalue weighted by molar-refractivity contribution is 6.31. The second-order valence-electron chi connectivity index (χ2n) is 4.59. The maximum Gasteiger partial charge on any atom is 0.126 e.